The number of carbonyl (C=O) groups is 2. The van der Waals surface area contributed by atoms with Gasteiger partial charge < -0.3 is 9.47 Å². The normalized spacial score (nSPS) is 19.8. The SMILES string of the molecule is CC(C)CCCCCCOC(=O)C1CCCC(C(=O)OCCCCC(C)C)C1. The van der Waals surface area contributed by atoms with Crippen molar-refractivity contribution in [3.63, 3.8) is 0 Å². The summed E-state index contributed by atoms with van der Waals surface area (Å²) in [5.74, 6) is 0.967. The summed E-state index contributed by atoms with van der Waals surface area (Å²) in [4.78, 5) is 24.6. The van der Waals surface area contributed by atoms with Gasteiger partial charge >= 0.3 is 11.9 Å². The van der Waals surface area contributed by atoms with Gasteiger partial charge in [-0.3, -0.25) is 9.59 Å². The largest absolute Gasteiger partial charge is 0.465 e. The highest BCUT2D eigenvalue weighted by atomic mass is 16.5. The minimum atomic E-state index is -0.132. The molecule has 0 aromatic rings. The van der Waals surface area contributed by atoms with Crippen molar-refractivity contribution in [1.29, 1.82) is 0 Å². The highest BCUT2D eigenvalue weighted by Gasteiger charge is 2.32. The number of hydrogen-bond acceptors (Lipinski definition) is 4. The first-order valence-electron chi connectivity index (χ1n) is 11.7. The van der Waals surface area contributed by atoms with Crippen molar-refractivity contribution in [1.82, 2.24) is 0 Å². The minimum absolute atomic E-state index is 0.114. The van der Waals surface area contributed by atoms with Crippen molar-refractivity contribution in [2.75, 3.05) is 13.2 Å². The van der Waals surface area contributed by atoms with Crippen LogP contribution in [0.4, 0.5) is 0 Å². The molecule has 28 heavy (non-hydrogen) atoms. The van der Waals surface area contributed by atoms with Crippen molar-refractivity contribution >= 4 is 11.9 Å². The molecule has 1 aliphatic rings. The Kier molecular flexibility index (Phi) is 13.3. The van der Waals surface area contributed by atoms with Crippen LogP contribution in [0, 0.1) is 23.7 Å². The van der Waals surface area contributed by atoms with Gasteiger partial charge in [-0.2, -0.15) is 0 Å². The van der Waals surface area contributed by atoms with E-state index >= 15 is 0 Å². The first-order valence-corrected chi connectivity index (χ1v) is 11.7. The molecular weight excluding hydrogens is 352 g/mol. The second-order valence-corrected chi connectivity index (χ2v) is 9.38. The quantitative estimate of drug-likeness (QED) is 0.255. The van der Waals surface area contributed by atoms with E-state index in [1.807, 2.05) is 0 Å². The van der Waals surface area contributed by atoms with E-state index in [0.717, 1.165) is 50.9 Å². The van der Waals surface area contributed by atoms with Gasteiger partial charge in [0.15, 0.2) is 0 Å². The van der Waals surface area contributed by atoms with Gasteiger partial charge in [-0.05, 0) is 50.4 Å². The standard InChI is InChI=1S/C24H44O4/c1-19(2)12-7-5-6-9-16-27-23(25)21-14-11-15-22(18-21)24(26)28-17-10-8-13-20(3)4/h19-22H,5-18H2,1-4H3. The summed E-state index contributed by atoms with van der Waals surface area (Å²) in [7, 11) is 0. The fourth-order valence-electron chi connectivity index (χ4n) is 3.86. The monoisotopic (exact) mass is 396 g/mol. The highest BCUT2D eigenvalue weighted by Crippen LogP contribution is 2.31. The molecule has 164 valence electrons. The summed E-state index contributed by atoms with van der Waals surface area (Å²) in [5, 5.41) is 0. The van der Waals surface area contributed by atoms with Crippen LogP contribution in [0.5, 0.6) is 0 Å². The summed E-state index contributed by atoms with van der Waals surface area (Å²) < 4.78 is 10.9. The zero-order valence-electron chi connectivity index (χ0n) is 18.8. The van der Waals surface area contributed by atoms with Gasteiger partial charge in [0.25, 0.3) is 0 Å². The number of hydrogen-bond donors (Lipinski definition) is 0. The van der Waals surface area contributed by atoms with Gasteiger partial charge in [-0.25, -0.2) is 0 Å². The Labute approximate surface area is 173 Å². The molecule has 2 unspecified atom stereocenters. The highest BCUT2D eigenvalue weighted by molar-refractivity contribution is 5.76. The van der Waals surface area contributed by atoms with Gasteiger partial charge in [0.2, 0.25) is 0 Å². The van der Waals surface area contributed by atoms with Gasteiger partial charge in [0.05, 0.1) is 25.0 Å². The topological polar surface area (TPSA) is 52.6 Å². The van der Waals surface area contributed by atoms with Crippen molar-refractivity contribution < 1.29 is 19.1 Å². The fraction of sp³-hybridized carbons (Fsp3) is 0.917. The lowest BCUT2D eigenvalue weighted by atomic mass is 9.81. The van der Waals surface area contributed by atoms with E-state index in [1.54, 1.807) is 0 Å². The number of ether oxygens (including phenoxy) is 2. The maximum absolute atomic E-state index is 12.3. The minimum Gasteiger partial charge on any atom is -0.465 e. The molecule has 1 aliphatic carbocycles. The average Bonchev–Trinajstić information content (AvgIpc) is 2.66. The Bertz CT molecular complexity index is 430. The smallest absolute Gasteiger partial charge is 0.308 e. The lowest BCUT2D eigenvalue weighted by molar-refractivity contribution is -0.155. The lowest BCUT2D eigenvalue weighted by Crippen LogP contribution is -2.30. The second kappa shape index (κ2) is 14.9. The third-order valence-electron chi connectivity index (χ3n) is 5.68. The van der Waals surface area contributed by atoms with Crippen molar-refractivity contribution in [2.24, 2.45) is 23.7 Å². The van der Waals surface area contributed by atoms with E-state index in [-0.39, 0.29) is 23.8 Å². The van der Waals surface area contributed by atoms with Crippen LogP contribution >= 0.6 is 0 Å². The summed E-state index contributed by atoms with van der Waals surface area (Å²) in [6.45, 7) is 9.94. The van der Waals surface area contributed by atoms with E-state index in [1.165, 1.54) is 25.7 Å². The molecule has 0 saturated heterocycles. The van der Waals surface area contributed by atoms with Crippen molar-refractivity contribution in [3.05, 3.63) is 0 Å². The van der Waals surface area contributed by atoms with Crippen LogP contribution < -0.4 is 0 Å². The molecule has 1 rings (SSSR count). The Balaban J connectivity index is 2.15. The van der Waals surface area contributed by atoms with E-state index in [2.05, 4.69) is 27.7 Å². The molecule has 4 heteroatoms. The van der Waals surface area contributed by atoms with Gasteiger partial charge in [-0.15, -0.1) is 0 Å². The molecule has 0 aliphatic heterocycles. The lowest BCUT2D eigenvalue weighted by Gasteiger charge is -2.26. The summed E-state index contributed by atoms with van der Waals surface area (Å²) in [5.41, 5.74) is 0. The van der Waals surface area contributed by atoms with Crippen molar-refractivity contribution in [3.8, 4) is 0 Å². The molecular formula is C24H44O4. The first-order chi connectivity index (χ1) is 13.4. The Morgan fingerprint density at radius 2 is 1.14 bits per heavy atom. The van der Waals surface area contributed by atoms with Gasteiger partial charge in [-0.1, -0.05) is 66.2 Å². The van der Waals surface area contributed by atoms with E-state index in [0.29, 0.717) is 25.6 Å². The zero-order chi connectivity index (χ0) is 20.8. The zero-order valence-corrected chi connectivity index (χ0v) is 18.8. The molecule has 0 bridgehead atoms. The fourth-order valence-corrected chi connectivity index (χ4v) is 3.86. The third-order valence-corrected chi connectivity index (χ3v) is 5.68. The van der Waals surface area contributed by atoms with Crippen LogP contribution in [-0.4, -0.2) is 25.2 Å². The molecule has 0 radical (unpaired) electrons. The van der Waals surface area contributed by atoms with Crippen LogP contribution in [-0.2, 0) is 19.1 Å². The first kappa shape index (κ1) is 25.0. The van der Waals surface area contributed by atoms with Gasteiger partial charge in [0, 0.05) is 0 Å². The number of esters is 2. The second-order valence-electron chi connectivity index (χ2n) is 9.38. The molecule has 0 aromatic carbocycles. The number of unbranched alkanes of at least 4 members (excludes halogenated alkanes) is 4. The summed E-state index contributed by atoms with van der Waals surface area (Å²) >= 11 is 0. The summed E-state index contributed by atoms with van der Waals surface area (Å²) in [6, 6.07) is 0. The number of carbonyl (C=O) groups excluding carboxylic acids is 2. The Morgan fingerprint density at radius 3 is 1.64 bits per heavy atom. The van der Waals surface area contributed by atoms with Crippen LogP contribution in [0.3, 0.4) is 0 Å². The molecule has 0 heterocycles. The Hall–Kier alpha value is -1.06. The summed E-state index contributed by atoms with van der Waals surface area (Å²) in [6.07, 6.45) is 12.2. The van der Waals surface area contributed by atoms with Crippen LogP contribution in [0.2, 0.25) is 0 Å². The average molecular weight is 397 g/mol. The van der Waals surface area contributed by atoms with Crippen LogP contribution in [0.25, 0.3) is 0 Å². The van der Waals surface area contributed by atoms with E-state index in [4.69, 9.17) is 9.47 Å². The van der Waals surface area contributed by atoms with Crippen LogP contribution in [0.15, 0.2) is 0 Å². The molecule has 1 fully saturated rings. The Morgan fingerprint density at radius 1 is 0.714 bits per heavy atom. The van der Waals surface area contributed by atoms with Crippen LogP contribution in [0.1, 0.15) is 105 Å². The molecule has 4 nitrogen and oxygen atoms in total. The third kappa shape index (κ3) is 11.7. The number of rotatable bonds is 14. The molecule has 2 atom stereocenters. The van der Waals surface area contributed by atoms with Crippen molar-refractivity contribution in [2.45, 2.75) is 105 Å². The molecule has 0 aromatic heterocycles. The molecule has 1 saturated carbocycles. The maximum Gasteiger partial charge on any atom is 0.308 e. The van der Waals surface area contributed by atoms with E-state index in [9.17, 15) is 9.59 Å². The molecule has 0 spiro atoms. The van der Waals surface area contributed by atoms with Gasteiger partial charge in [0.1, 0.15) is 0 Å². The molecule has 0 amide bonds. The predicted molar refractivity (Wildman–Crippen MR) is 114 cm³/mol. The molecule has 0 N–H and O–H groups in total. The van der Waals surface area contributed by atoms with E-state index < -0.39 is 0 Å². The maximum atomic E-state index is 12.3. The predicted octanol–water partition coefficient (Wildman–Crippen LogP) is 6.31.